The van der Waals surface area contributed by atoms with Gasteiger partial charge in [0.15, 0.2) is 0 Å². The maximum absolute atomic E-state index is 12.3. The van der Waals surface area contributed by atoms with E-state index in [1.165, 1.54) is 11.1 Å². The van der Waals surface area contributed by atoms with Crippen molar-refractivity contribution >= 4 is 23.9 Å². The zero-order chi connectivity index (χ0) is 21.7. The highest BCUT2D eigenvalue weighted by Gasteiger charge is 2.04. The summed E-state index contributed by atoms with van der Waals surface area (Å²) in [6.45, 7) is 2.86. The Morgan fingerprint density at radius 1 is 0.935 bits per heavy atom. The molecule has 0 aliphatic heterocycles. The van der Waals surface area contributed by atoms with Crippen molar-refractivity contribution in [2.45, 2.75) is 31.3 Å². The van der Waals surface area contributed by atoms with Gasteiger partial charge in [0, 0.05) is 17.1 Å². The monoisotopic (exact) mass is 432 g/mol. The number of carbonyl (C=O) groups excluding carboxylic acids is 1. The van der Waals surface area contributed by atoms with Gasteiger partial charge in [0.25, 0.3) is 5.91 Å². The first-order valence-electron chi connectivity index (χ1n) is 10.5. The molecule has 0 spiro atoms. The Bertz CT molecular complexity index is 955. The molecule has 1 N–H and O–H groups in total. The molecule has 0 unspecified atom stereocenters. The van der Waals surface area contributed by atoms with Gasteiger partial charge in [-0.25, -0.2) is 5.43 Å². The molecular weight excluding hydrogens is 404 g/mol. The second-order valence-electron chi connectivity index (χ2n) is 7.15. The normalized spacial score (nSPS) is 10.9. The Balaban J connectivity index is 1.42. The van der Waals surface area contributed by atoms with Gasteiger partial charge >= 0.3 is 0 Å². The fourth-order valence-electron chi connectivity index (χ4n) is 2.83. The van der Waals surface area contributed by atoms with E-state index in [9.17, 15) is 4.79 Å². The molecule has 3 aromatic carbocycles. The highest BCUT2D eigenvalue weighted by molar-refractivity contribution is 7.97. The summed E-state index contributed by atoms with van der Waals surface area (Å²) in [4.78, 5) is 12.3. The molecule has 0 heterocycles. The van der Waals surface area contributed by atoms with Crippen LogP contribution >= 0.6 is 11.8 Å². The van der Waals surface area contributed by atoms with E-state index < -0.39 is 0 Å². The minimum Gasteiger partial charge on any atom is -0.494 e. The van der Waals surface area contributed by atoms with Crippen LogP contribution in [0.1, 0.15) is 46.8 Å². The highest BCUT2D eigenvalue weighted by atomic mass is 32.2. The Hall–Kier alpha value is -3.05. The number of thioether (sulfide) groups is 1. The van der Waals surface area contributed by atoms with Gasteiger partial charge in [-0.2, -0.15) is 16.9 Å². The number of benzene rings is 3. The van der Waals surface area contributed by atoms with Crippen LogP contribution in [-0.2, 0) is 11.5 Å². The fourth-order valence-corrected chi connectivity index (χ4v) is 3.79. The van der Waals surface area contributed by atoms with Crippen LogP contribution in [0.2, 0.25) is 0 Å². The topological polar surface area (TPSA) is 50.7 Å². The molecule has 0 saturated carbocycles. The average Bonchev–Trinajstić information content (AvgIpc) is 2.81. The van der Waals surface area contributed by atoms with Crippen molar-refractivity contribution in [3.8, 4) is 5.75 Å². The van der Waals surface area contributed by atoms with Gasteiger partial charge in [-0.1, -0.05) is 55.8 Å². The summed E-state index contributed by atoms with van der Waals surface area (Å²) in [6.07, 6.45) is 3.78. The van der Waals surface area contributed by atoms with Crippen molar-refractivity contribution in [3.05, 3.63) is 101 Å². The molecule has 0 aliphatic carbocycles. The summed E-state index contributed by atoms with van der Waals surface area (Å²) in [5.41, 5.74) is 6.59. The summed E-state index contributed by atoms with van der Waals surface area (Å²) < 4.78 is 5.64. The second kappa shape index (κ2) is 12.6. The van der Waals surface area contributed by atoms with Gasteiger partial charge in [-0.15, -0.1) is 0 Å². The summed E-state index contributed by atoms with van der Waals surface area (Å²) in [5, 5.41) is 4.06. The predicted molar refractivity (Wildman–Crippen MR) is 130 cm³/mol. The van der Waals surface area contributed by atoms with E-state index >= 15 is 0 Å². The molecule has 0 aromatic heterocycles. The van der Waals surface area contributed by atoms with Crippen LogP contribution in [0.15, 0.2) is 84.0 Å². The Morgan fingerprint density at radius 3 is 2.29 bits per heavy atom. The molecule has 0 aliphatic rings. The third-order valence-corrected chi connectivity index (χ3v) is 5.70. The van der Waals surface area contributed by atoms with Crippen LogP contribution in [0.3, 0.4) is 0 Å². The summed E-state index contributed by atoms with van der Waals surface area (Å²) in [5.74, 6) is 2.51. The van der Waals surface area contributed by atoms with E-state index in [4.69, 9.17) is 4.74 Å². The molecule has 5 heteroatoms. The van der Waals surface area contributed by atoms with Crippen LogP contribution in [-0.4, -0.2) is 18.7 Å². The largest absolute Gasteiger partial charge is 0.494 e. The lowest BCUT2D eigenvalue weighted by Gasteiger charge is -2.05. The van der Waals surface area contributed by atoms with Crippen molar-refractivity contribution < 1.29 is 9.53 Å². The molecule has 0 fully saturated rings. The molecule has 31 heavy (non-hydrogen) atoms. The SMILES string of the molecule is CCCCOc1ccc(/C=N\NC(=O)c2ccc(CSCc3ccccc3)cc2)cc1. The first kappa shape index (κ1) is 22.6. The molecule has 160 valence electrons. The van der Waals surface area contributed by atoms with Crippen LogP contribution in [0, 0.1) is 0 Å². The van der Waals surface area contributed by atoms with Gasteiger partial charge in [0.2, 0.25) is 0 Å². The Morgan fingerprint density at radius 2 is 1.61 bits per heavy atom. The van der Waals surface area contributed by atoms with E-state index in [2.05, 4.69) is 41.7 Å². The highest BCUT2D eigenvalue weighted by Crippen LogP contribution is 2.18. The Kier molecular flexibility index (Phi) is 9.20. The van der Waals surface area contributed by atoms with E-state index in [0.29, 0.717) is 5.56 Å². The van der Waals surface area contributed by atoms with Crippen molar-refractivity contribution in [2.75, 3.05) is 6.61 Å². The van der Waals surface area contributed by atoms with Crippen LogP contribution in [0.25, 0.3) is 0 Å². The van der Waals surface area contributed by atoms with E-state index in [1.54, 1.807) is 6.21 Å². The van der Waals surface area contributed by atoms with Gasteiger partial charge in [0.1, 0.15) is 5.75 Å². The lowest BCUT2D eigenvalue weighted by molar-refractivity contribution is 0.0955. The number of unbranched alkanes of at least 4 members (excludes halogenated alkanes) is 1. The minimum absolute atomic E-state index is 0.223. The number of nitrogens with zero attached hydrogens (tertiary/aromatic N) is 1. The smallest absolute Gasteiger partial charge is 0.271 e. The van der Waals surface area contributed by atoms with Crippen molar-refractivity contribution in [2.24, 2.45) is 5.10 Å². The molecule has 0 radical (unpaired) electrons. The maximum atomic E-state index is 12.3. The molecule has 1 amide bonds. The zero-order valence-corrected chi connectivity index (χ0v) is 18.6. The van der Waals surface area contributed by atoms with Gasteiger partial charge in [-0.05, 0) is 59.5 Å². The summed E-state index contributed by atoms with van der Waals surface area (Å²) in [7, 11) is 0. The molecule has 3 rings (SSSR count). The van der Waals surface area contributed by atoms with E-state index in [0.717, 1.165) is 42.3 Å². The van der Waals surface area contributed by atoms with Crippen molar-refractivity contribution in [1.82, 2.24) is 5.43 Å². The molecule has 0 bridgehead atoms. The number of hydrazone groups is 1. The van der Waals surface area contributed by atoms with Gasteiger partial charge < -0.3 is 4.74 Å². The van der Waals surface area contributed by atoms with E-state index in [-0.39, 0.29) is 5.91 Å². The van der Waals surface area contributed by atoms with Crippen LogP contribution in [0.4, 0.5) is 0 Å². The average molecular weight is 433 g/mol. The molecular formula is C26H28N2O2S. The number of hydrogen-bond donors (Lipinski definition) is 1. The lowest BCUT2D eigenvalue weighted by Crippen LogP contribution is -2.17. The fraction of sp³-hybridized carbons (Fsp3) is 0.231. The number of hydrogen-bond acceptors (Lipinski definition) is 4. The third kappa shape index (κ3) is 7.95. The second-order valence-corrected chi connectivity index (χ2v) is 8.13. The number of rotatable bonds is 11. The third-order valence-electron chi connectivity index (χ3n) is 4.62. The summed E-state index contributed by atoms with van der Waals surface area (Å²) in [6, 6.07) is 25.7. The molecule has 0 saturated heterocycles. The standard InChI is InChI=1S/C26H28N2O2S/c1-2-3-17-30-25-15-11-21(12-16-25)18-27-28-26(29)24-13-9-23(10-14-24)20-31-19-22-7-5-4-6-8-22/h4-16,18H,2-3,17,19-20H2,1H3,(H,28,29)/b27-18-. The van der Waals surface area contributed by atoms with E-state index in [1.807, 2.05) is 66.4 Å². The number of amides is 1. The van der Waals surface area contributed by atoms with Crippen molar-refractivity contribution in [3.63, 3.8) is 0 Å². The summed E-state index contributed by atoms with van der Waals surface area (Å²) >= 11 is 1.86. The molecule has 4 nitrogen and oxygen atoms in total. The molecule has 3 aromatic rings. The van der Waals surface area contributed by atoms with Crippen molar-refractivity contribution in [1.29, 1.82) is 0 Å². The quantitative estimate of drug-likeness (QED) is 0.227. The van der Waals surface area contributed by atoms with Gasteiger partial charge in [0.05, 0.1) is 12.8 Å². The molecule has 0 atom stereocenters. The zero-order valence-electron chi connectivity index (χ0n) is 17.8. The maximum Gasteiger partial charge on any atom is 0.271 e. The number of nitrogens with one attached hydrogen (secondary N) is 1. The Labute approximate surface area is 188 Å². The lowest BCUT2D eigenvalue weighted by atomic mass is 10.1. The number of ether oxygens (including phenoxy) is 1. The first-order valence-corrected chi connectivity index (χ1v) is 11.7. The first-order chi connectivity index (χ1) is 15.2. The van der Waals surface area contributed by atoms with Crippen LogP contribution < -0.4 is 10.2 Å². The minimum atomic E-state index is -0.223. The van der Waals surface area contributed by atoms with Crippen LogP contribution in [0.5, 0.6) is 5.75 Å². The van der Waals surface area contributed by atoms with Gasteiger partial charge in [-0.3, -0.25) is 4.79 Å². The number of carbonyl (C=O) groups is 1. The predicted octanol–water partition coefficient (Wildman–Crippen LogP) is 6.06.